The molecule has 0 fully saturated rings. The number of aryl methyl sites for hydroxylation is 1. The van der Waals surface area contributed by atoms with E-state index in [-0.39, 0.29) is 12.0 Å². The predicted molar refractivity (Wildman–Crippen MR) is 97.2 cm³/mol. The van der Waals surface area contributed by atoms with Crippen molar-refractivity contribution in [1.29, 1.82) is 0 Å². The molecule has 1 radical (unpaired) electrons. The van der Waals surface area contributed by atoms with E-state index in [1.807, 2.05) is 0 Å². The Morgan fingerprint density at radius 2 is 1.64 bits per heavy atom. The molecule has 0 aromatic heterocycles. The Morgan fingerprint density at radius 1 is 1.05 bits per heavy atom. The van der Waals surface area contributed by atoms with Gasteiger partial charge in [-0.15, -0.1) is 0 Å². The van der Waals surface area contributed by atoms with Crippen molar-refractivity contribution in [3.8, 4) is 5.75 Å². The van der Waals surface area contributed by atoms with Crippen molar-refractivity contribution < 1.29 is 9.53 Å². The molecule has 0 heterocycles. The fourth-order valence-corrected chi connectivity index (χ4v) is 3.85. The molecule has 3 heteroatoms. The topological polar surface area (TPSA) is 29.5 Å². The number of benzene rings is 1. The van der Waals surface area contributed by atoms with E-state index in [2.05, 4.69) is 53.8 Å². The van der Waals surface area contributed by atoms with Gasteiger partial charge in [0.05, 0.1) is 6.61 Å². The van der Waals surface area contributed by atoms with Crippen LogP contribution in [0.3, 0.4) is 0 Å². The van der Waals surface area contributed by atoms with Crippen molar-refractivity contribution in [2.45, 2.75) is 85.4 Å². The van der Waals surface area contributed by atoms with Gasteiger partial charge in [0.15, 0.2) is 0 Å². The highest BCUT2D eigenvalue weighted by molar-refractivity contribution is 6.49. The summed E-state index contributed by atoms with van der Waals surface area (Å²) in [5, 5.41) is 9.91. The minimum absolute atomic E-state index is 0.0137. The zero-order valence-corrected chi connectivity index (χ0v) is 16.5. The Balaban J connectivity index is 3.67. The van der Waals surface area contributed by atoms with Crippen molar-refractivity contribution in [2.75, 3.05) is 0 Å². The van der Waals surface area contributed by atoms with Gasteiger partial charge in [-0.25, -0.2) is 0 Å². The zero-order valence-electron chi connectivity index (χ0n) is 15.5. The fourth-order valence-electron chi connectivity index (χ4n) is 3.18. The Bertz CT molecular complexity index is 487. The number of aliphatic hydroxyl groups excluding tert-OH is 1. The normalized spacial score (nSPS) is 12.0. The number of hydrogen-bond acceptors (Lipinski definition) is 2. The average molecular weight is 322 g/mol. The van der Waals surface area contributed by atoms with E-state index >= 15 is 0 Å². The van der Waals surface area contributed by atoms with Crippen LogP contribution < -0.4 is 4.43 Å². The first-order chi connectivity index (χ1) is 10.3. The second-order valence-electron chi connectivity index (χ2n) is 7.30. The molecule has 125 valence electrons. The van der Waals surface area contributed by atoms with Crippen molar-refractivity contribution in [3.05, 3.63) is 28.3 Å². The highest BCUT2D eigenvalue weighted by atomic mass is 28.3. The third-order valence-electron chi connectivity index (χ3n) is 3.78. The molecular weight excluding hydrogens is 288 g/mol. The monoisotopic (exact) mass is 321 g/mol. The molecule has 0 saturated carbocycles. The molecule has 22 heavy (non-hydrogen) atoms. The van der Waals surface area contributed by atoms with Gasteiger partial charge in [-0.05, 0) is 59.7 Å². The van der Waals surface area contributed by atoms with Gasteiger partial charge in [0.25, 0.3) is 9.04 Å². The first-order valence-corrected chi connectivity index (χ1v) is 10.9. The summed E-state index contributed by atoms with van der Waals surface area (Å²) in [6.45, 7) is 15.6. The highest BCUT2D eigenvalue weighted by Crippen LogP contribution is 2.39. The molecular formula is C19H33O2Si. The first-order valence-electron chi connectivity index (χ1n) is 8.53. The van der Waals surface area contributed by atoms with E-state index in [1.165, 1.54) is 16.7 Å². The maximum atomic E-state index is 9.91. The SMILES string of the molecule is CCCc1cc(CO)c(C(C)(C)C)c(CCC)c1O[Si](C)C. The first kappa shape index (κ1) is 19.2. The maximum Gasteiger partial charge on any atom is 0.274 e. The lowest BCUT2D eigenvalue weighted by molar-refractivity contribution is 0.278. The minimum atomic E-state index is -0.810. The Labute approximate surface area is 138 Å². The molecule has 0 atom stereocenters. The maximum absolute atomic E-state index is 9.91. The molecule has 0 spiro atoms. The summed E-state index contributed by atoms with van der Waals surface area (Å²) in [4.78, 5) is 0. The van der Waals surface area contributed by atoms with Gasteiger partial charge in [-0.3, -0.25) is 0 Å². The van der Waals surface area contributed by atoms with E-state index < -0.39 is 9.04 Å². The highest BCUT2D eigenvalue weighted by Gasteiger charge is 2.26. The Kier molecular flexibility index (Phi) is 7.14. The molecule has 2 nitrogen and oxygen atoms in total. The Morgan fingerprint density at radius 3 is 2.05 bits per heavy atom. The molecule has 1 aromatic carbocycles. The molecule has 1 aromatic rings. The van der Waals surface area contributed by atoms with E-state index in [0.29, 0.717) is 0 Å². The largest absolute Gasteiger partial charge is 0.542 e. The minimum Gasteiger partial charge on any atom is -0.542 e. The molecule has 0 unspecified atom stereocenters. The van der Waals surface area contributed by atoms with Crippen LogP contribution in [0.15, 0.2) is 6.07 Å². The van der Waals surface area contributed by atoms with E-state index in [1.54, 1.807) is 0 Å². The van der Waals surface area contributed by atoms with Crippen LogP contribution in [0.5, 0.6) is 5.75 Å². The quantitative estimate of drug-likeness (QED) is 0.715. The lowest BCUT2D eigenvalue weighted by Crippen LogP contribution is -2.22. The van der Waals surface area contributed by atoms with Gasteiger partial charge in [-0.1, -0.05) is 47.5 Å². The molecule has 1 N–H and O–H groups in total. The van der Waals surface area contributed by atoms with Gasteiger partial charge in [-0.2, -0.15) is 0 Å². The van der Waals surface area contributed by atoms with Crippen molar-refractivity contribution in [1.82, 2.24) is 0 Å². The third-order valence-corrected chi connectivity index (χ3v) is 4.40. The number of rotatable bonds is 7. The molecule has 0 aliphatic rings. The number of hydrogen-bond donors (Lipinski definition) is 1. The molecule has 0 aliphatic heterocycles. The third kappa shape index (κ3) is 4.59. The van der Waals surface area contributed by atoms with Crippen molar-refractivity contribution >= 4 is 9.04 Å². The van der Waals surface area contributed by atoms with Gasteiger partial charge in [0.2, 0.25) is 0 Å². The van der Waals surface area contributed by atoms with E-state index in [4.69, 9.17) is 4.43 Å². The van der Waals surface area contributed by atoms with Gasteiger partial charge in [0, 0.05) is 0 Å². The molecule has 0 saturated heterocycles. The molecule has 0 aliphatic carbocycles. The lowest BCUT2D eigenvalue weighted by atomic mass is 9.78. The van der Waals surface area contributed by atoms with Crippen LogP contribution in [0.1, 0.15) is 69.7 Å². The van der Waals surface area contributed by atoms with Crippen LogP contribution in [0, 0.1) is 0 Å². The summed E-state index contributed by atoms with van der Waals surface area (Å²) in [7, 11) is -0.810. The lowest BCUT2D eigenvalue weighted by Gasteiger charge is -2.30. The van der Waals surface area contributed by atoms with Crippen LogP contribution in [-0.2, 0) is 24.9 Å². The summed E-state index contributed by atoms with van der Waals surface area (Å²) >= 11 is 0. The summed E-state index contributed by atoms with van der Waals surface area (Å²) in [5.41, 5.74) is 4.98. The summed E-state index contributed by atoms with van der Waals surface area (Å²) < 4.78 is 6.34. The molecule has 0 amide bonds. The standard InChI is InChI=1S/C19H33O2Si/c1-8-10-14-12-15(13-20)17(19(3,4)5)16(11-9-2)18(14)21-22(6)7/h12,20H,8-11,13H2,1-7H3. The molecule has 1 rings (SSSR count). The molecule has 0 bridgehead atoms. The fraction of sp³-hybridized carbons (Fsp3) is 0.684. The van der Waals surface area contributed by atoms with Crippen molar-refractivity contribution in [2.24, 2.45) is 0 Å². The number of aliphatic hydroxyl groups is 1. The smallest absolute Gasteiger partial charge is 0.274 e. The van der Waals surface area contributed by atoms with Crippen LogP contribution in [0.4, 0.5) is 0 Å². The predicted octanol–water partition coefficient (Wildman–Crippen LogP) is 5.01. The van der Waals surface area contributed by atoms with E-state index in [0.717, 1.165) is 37.0 Å². The van der Waals surface area contributed by atoms with Gasteiger partial charge < -0.3 is 9.53 Å². The van der Waals surface area contributed by atoms with E-state index in [9.17, 15) is 5.11 Å². The summed E-state index contributed by atoms with van der Waals surface area (Å²) in [6.07, 6.45) is 4.22. The van der Waals surface area contributed by atoms with Crippen LogP contribution in [0.25, 0.3) is 0 Å². The summed E-state index contributed by atoms with van der Waals surface area (Å²) in [5.74, 6) is 1.12. The summed E-state index contributed by atoms with van der Waals surface area (Å²) in [6, 6.07) is 2.18. The Hall–Kier alpha value is -0.803. The van der Waals surface area contributed by atoms with Crippen LogP contribution in [0.2, 0.25) is 13.1 Å². The van der Waals surface area contributed by atoms with Gasteiger partial charge in [0.1, 0.15) is 5.75 Å². The average Bonchev–Trinajstić information content (AvgIpc) is 2.40. The van der Waals surface area contributed by atoms with Crippen LogP contribution in [-0.4, -0.2) is 14.1 Å². The second-order valence-corrected chi connectivity index (χ2v) is 9.32. The van der Waals surface area contributed by atoms with Crippen molar-refractivity contribution in [3.63, 3.8) is 0 Å². The second kappa shape index (κ2) is 8.16. The van der Waals surface area contributed by atoms with Gasteiger partial charge >= 0.3 is 0 Å². The zero-order chi connectivity index (χ0) is 16.9. The van der Waals surface area contributed by atoms with Crippen LogP contribution >= 0.6 is 0 Å².